The van der Waals surface area contributed by atoms with E-state index in [0.29, 0.717) is 11.3 Å². The van der Waals surface area contributed by atoms with Crippen LogP contribution in [0.2, 0.25) is 0 Å². The van der Waals surface area contributed by atoms with E-state index in [9.17, 15) is 4.79 Å². The smallest absolute Gasteiger partial charge is 0.255 e. The molecule has 0 saturated heterocycles. The lowest BCUT2D eigenvalue weighted by Crippen LogP contribution is -2.21. The van der Waals surface area contributed by atoms with Gasteiger partial charge in [-0.3, -0.25) is 4.79 Å². The highest BCUT2D eigenvalue weighted by Crippen LogP contribution is 2.16. The lowest BCUT2D eigenvalue weighted by atomic mass is 10.1. The van der Waals surface area contributed by atoms with Crippen molar-refractivity contribution in [2.45, 2.75) is 0 Å². The average Bonchev–Trinajstić information content (AvgIpc) is 2.55. The highest BCUT2D eigenvalue weighted by molar-refractivity contribution is 6.02. The lowest BCUT2D eigenvalue weighted by molar-refractivity contribution is 0.0974. The number of rotatable bonds is 3. The molecule has 0 radical (unpaired) electrons. The Morgan fingerprint density at radius 2 is 1.43 bits per heavy atom. The van der Waals surface area contributed by atoms with Crippen LogP contribution in [0.15, 0.2) is 79.4 Å². The van der Waals surface area contributed by atoms with Gasteiger partial charge in [-0.05, 0) is 28.5 Å². The first-order valence-corrected chi connectivity index (χ1v) is 6.78. The van der Waals surface area contributed by atoms with Crippen LogP contribution in [0.3, 0.4) is 0 Å². The molecular weight excluding hydrogens is 258 g/mol. The minimum Gasteiger partial charge on any atom is -0.322 e. The standard InChI is InChI=1S/C19H15NO/c1-14(15-7-3-2-4-8-15)20-19(21)18-12-11-16-9-5-6-10-17(16)13-18/h2-13H,1H2,(H,20,21). The fourth-order valence-electron chi connectivity index (χ4n) is 2.25. The molecule has 2 heteroatoms. The third-order valence-corrected chi connectivity index (χ3v) is 3.40. The van der Waals surface area contributed by atoms with Gasteiger partial charge in [0, 0.05) is 11.3 Å². The quantitative estimate of drug-likeness (QED) is 0.759. The third-order valence-electron chi connectivity index (χ3n) is 3.40. The van der Waals surface area contributed by atoms with Crippen LogP contribution in [0.4, 0.5) is 0 Å². The zero-order valence-corrected chi connectivity index (χ0v) is 11.5. The molecular formula is C19H15NO. The fraction of sp³-hybridized carbons (Fsp3) is 0. The van der Waals surface area contributed by atoms with E-state index in [1.165, 1.54) is 0 Å². The molecule has 0 fully saturated rings. The van der Waals surface area contributed by atoms with Crippen molar-refractivity contribution in [1.29, 1.82) is 0 Å². The normalized spacial score (nSPS) is 10.3. The molecule has 102 valence electrons. The summed E-state index contributed by atoms with van der Waals surface area (Å²) >= 11 is 0. The van der Waals surface area contributed by atoms with Crippen LogP contribution in [-0.2, 0) is 0 Å². The summed E-state index contributed by atoms with van der Waals surface area (Å²) in [6.07, 6.45) is 0. The third kappa shape index (κ3) is 2.84. The van der Waals surface area contributed by atoms with Crippen LogP contribution in [0, 0.1) is 0 Å². The Kier molecular flexibility index (Phi) is 3.52. The number of fused-ring (bicyclic) bond motifs is 1. The summed E-state index contributed by atoms with van der Waals surface area (Å²) in [5.41, 5.74) is 2.14. The Balaban J connectivity index is 1.82. The number of hydrogen-bond acceptors (Lipinski definition) is 1. The maximum absolute atomic E-state index is 12.3. The second-order valence-electron chi connectivity index (χ2n) is 4.86. The predicted octanol–water partition coefficient (Wildman–Crippen LogP) is 4.24. The van der Waals surface area contributed by atoms with Crippen LogP contribution < -0.4 is 5.32 Å². The molecule has 3 aromatic carbocycles. The van der Waals surface area contributed by atoms with Gasteiger partial charge >= 0.3 is 0 Å². The number of amides is 1. The van der Waals surface area contributed by atoms with Crippen LogP contribution in [-0.4, -0.2) is 5.91 Å². The Morgan fingerprint density at radius 3 is 2.19 bits per heavy atom. The van der Waals surface area contributed by atoms with E-state index in [0.717, 1.165) is 16.3 Å². The van der Waals surface area contributed by atoms with E-state index in [1.54, 1.807) is 0 Å². The first kappa shape index (κ1) is 13.1. The molecule has 0 bridgehead atoms. The molecule has 2 nitrogen and oxygen atoms in total. The van der Waals surface area contributed by atoms with Crippen molar-refractivity contribution in [2.75, 3.05) is 0 Å². The van der Waals surface area contributed by atoms with E-state index < -0.39 is 0 Å². The van der Waals surface area contributed by atoms with E-state index in [-0.39, 0.29) is 5.91 Å². The highest BCUT2D eigenvalue weighted by Gasteiger charge is 2.08. The first-order chi connectivity index (χ1) is 10.2. The van der Waals surface area contributed by atoms with Gasteiger partial charge in [0.1, 0.15) is 0 Å². The monoisotopic (exact) mass is 273 g/mol. The van der Waals surface area contributed by atoms with Crippen molar-refractivity contribution in [3.63, 3.8) is 0 Å². The van der Waals surface area contributed by atoms with Gasteiger partial charge in [0.2, 0.25) is 0 Å². The summed E-state index contributed by atoms with van der Waals surface area (Å²) in [6, 6.07) is 23.3. The van der Waals surface area contributed by atoms with Crippen molar-refractivity contribution >= 4 is 22.4 Å². The number of hydrogen-bond donors (Lipinski definition) is 1. The fourth-order valence-corrected chi connectivity index (χ4v) is 2.25. The van der Waals surface area contributed by atoms with Crippen LogP contribution in [0.1, 0.15) is 15.9 Å². The molecule has 3 rings (SSSR count). The zero-order valence-electron chi connectivity index (χ0n) is 11.5. The van der Waals surface area contributed by atoms with Crippen molar-refractivity contribution in [2.24, 2.45) is 0 Å². The second kappa shape index (κ2) is 5.63. The molecule has 0 aliphatic carbocycles. The first-order valence-electron chi connectivity index (χ1n) is 6.78. The molecule has 0 atom stereocenters. The van der Waals surface area contributed by atoms with Gasteiger partial charge in [-0.15, -0.1) is 0 Å². The number of carbonyl (C=O) groups excluding carboxylic acids is 1. The van der Waals surface area contributed by atoms with Crippen molar-refractivity contribution in [3.05, 3.63) is 90.5 Å². The maximum atomic E-state index is 12.3. The zero-order chi connectivity index (χ0) is 14.7. The molecule has 21 heavy (non-hydrogen) atoms. The largest absolute Gasteiger partial charge is 0.322 e. The Hall–Kier alpha value is -2.87. The van der Waals surface area contributed by atoms with E-state index in [2.05, 4.69) is 11.9 Å². The van der Waals surface area contributed by atoms with Gasteiger partial charge in [-0.2, -0.15) is 0 Å². The van der Waals surface area contributed by atoms with E-state index in [4.69, 9.17) is 0 Å². The minimum absolute atomic E-state index is 0.144. The summed E-state index contributed by atoms with van der Waals surface area (Å²) in [5, 5.41) is 5.02. The van der Waals surface area contributed by atoms with Gasteiger partial charge in [0.05, 0.1) is 0 Å². The number of carbonyl (C=O) groups is 1. The Bertz CT molecular complexity index is 806. The molecule has 0 aliphatic heterocycles. The van der Waals surface area contributed by atoms with Gasteiger partial charge in [0.25, 0.3) is 5.91 Å². The molecule has 3 aromatic rings. The Labute approximate surface area is 123 Å². The summed E-state index contributed by atoms with van der Waals surface area (Å²) < 4.78 is 0. The molecule has 0 saturated carbocycles. The van der Waals surface area contributed by atoms with E-state index >= 15 is 0 Å². The Morgan fingerprint density at radius 1 is 0.762 bits per heavy atom. The summed E-state index contributed by atoms with van der Waals surface area (Å²) in [7, 11) is 0. The average molecular weight is 273 g/mol. The van der Waals surface area contributed by atoms with Crippen molar-refractivity contribution < 1.29 is 4.79 Å². The topological polar surface area (TPSA) is 29.1 Å². The molecule has 1 amide bonds. The molecule has 0 aliphatic rings. The summed E-state index contributed by atoms with van der Waals surface area (Å²) in [4.78, 5) is 12.3. The lowest BCUT2D eigenvalue weighted by Gasteiger charge is -2.09. The minimum atomic E-state index is -0.144. The van der Waals surface area contributed by atoms with Gasteiger partial charge in [0.15, 0.2) is 0 Å². The number of nitrogens with one attached hydrogen (secondary N) is 1. The number of benzene rings is 3. The summed E-state index contributed by atoms with van der Waals surface area (Å²) in [6.45, 7) is 3.92. The van der Waals surface area contributed by atoms with Gasteiger partial charge in [-0.1, -0.05) is 67.2 Å². The molecule has 0 spiro atoms. The van der Waals surface area contributed by atoms with Gasteiger partial charge < -0.3 is 5.32 Å². The van der Waals surface area contributed by atoms with Crippen LogP contribution in [0.5, 0.6) is 0 Å². The van der Waals surface area contributed by atoms with E-state index in [1.807, 2.05) is 72.8 Å². The second-order valence-corrected chi connectivity index (χ2v) is 4.86. The maximum Gasteiger partial charge on any atom is 0.255 e. The predicted molar refractivity (Wildman–Crippen MR) is 86.9 cm³/mol. The van der Waals surface area contributed by atoms with Gasteiger partial charge in [-0.25, -0.2) is 0 Å². The van der Waals surface area contributed by atoms with Crippen LogP contribution in [0.25, 0.3) is 16.5 Å². The summed E-state index contributed by atoms with van der Waals surface area (Å²) in [5.74, 6) is -0.144. The molecule has 0 heterocycles. The molecule has 0 aromatic heterocycles. The SMILES string of the molecule is C=C(NC(=O)c1ccc2ccccc2c1)c1ccccc1. The molecule has 0 unspecified atom stereocenters. The van der Waals surface area contributed by atoms with Crippen LogP contribution >= 0.6 is 0 Å². The van der Waals surface area contributed by atoms with Crippen molar-refractivity contribution in [3.8, 4) is 0 Å². The van der Waals surface area contributed by atoms with Crippen molar-refractivity contribution in [1.82, 2.24) is 5.32 Å². The highest BCUT2D eigenvalue weighted by atomic mass is 16.1. The molecule has 1 N–H and O–H groups in total.